The van der Waals surface area contributed by atoms with Crippen molar-refractivity contribution in [2.24, 2.45) is 0 Å². The van der Waals surface area contributed by atoms with E-state index in [1.807, 2.05) is 6.20 Å². The molecule has 1 aromatic carbocycles. The standard InChI is InChI=1S/C17H23BN2O2/c1-6-15-19-11-14(20-15)12-7-9-13(10-8-12)18-21-16(2,3)17(4,5)22-18/h7-11H,6H2,1-5H3,(H,19,20). The summed E-state index contributed by atoms with van der Waals surface area (Å²) >= 11 is 0. The second-order valence-corrected chi connectivity index (χ2v) is 6.81. The van der Waals surface area contributed by atoms with Crippen molar-refractivity contribution < 1.29 is 9.31 Å². The number of aryl methyl sites for hydroxylation is 1. The molecule has 4 nitrogen and oxygen atoms in total. The van der Waals surface area contributed by atoms with Crippen molar-refractivity contribution in [2.45, 2.75) is 52.2 Å². The van der Waals surface area contributed by atoms with E-state index in [9.17, 15) is 0 Å². The van der Waals surface area contributed by atoms with Crippen LogP contribution in [0.15, 0.2) is 30.5 Å². The number of nitrogens with one attached hydrogen (secondary N) is 1. The van der Waals surface area contributed by atoms with Crippen molar-refractivity contribution in [2.75, 3.05) is 0 Å². The largest absolute Gasteiger partial charge is 0.494 e. The molecule has 1 saturated heterocycles. The smallest absolute Gasteiger partial charge is 0.399 e. The Morgan fingerprint density at radius 2 is 1.64 bits per heavy atom. The summed E-state index contributed by atoms with van der Waals surface area (Å²) in [5, 5.41) is 0. The molecule has 2 aromatic rings. The summed E-state index contributed by atoms with van der Waals surface area (Å²) < 4.78 is 12.1. The van der Waals surface area contributed by atoms with E-state index in [4.69, 9.17) is 9.31 Å². The van der Waals surface area contributed by atoms with Gasteiger partial charge in [-0.2, -0.15) is 0 Å². The fourth-order valence-corrected chi connectivity index (χ4v) is 2.49. The molecule has 1 aliphatic heterocycles. The van der Waals surface area contributed by atoms with Gasteiger partial charge in [0, 0.05) is 6.42 Å². The molecular formula is C17H23BN2O2. The predicted octanol–water partition coefficient (Wildman–Crippen LogP) is 2.94. The highest BCUT2D eigenvalue weighted by molar-refractivity contribution is 6.62. The summed E-state index contributed by atoms with van der Waals surface area (Å²) in [4.78, 5) is 7.66. The van der Waals surface area contributed by atoms with E-state index in [1.165, 1.54) is 0 Å². The van der Waals surface area contributed by atoms with Crippen LogP contribution in [0, 0.1) is 0 Å². The van der Waals surface area contributed by atoms with E-state index in [2.05, 4.69) is 68.9 Å². The lowest BCUT2D eigenvalue weighted by molar-refractivity contribution is 0.00578. The van der Waals surface area contributed by atoms with Crippen LogP contribution in [0.4, 0.5) is 0 Å². The number of H-pyrrole nitrogens is 1. The molecule has 1 aromatic heterocycles. The van der Waals surface area contributed by atoms with Crippen LogP contribution >= 0.6 is 0 Å². The summed E-state index contributed by atoms with van der Waals surface area (Å²) in [6.45, 7) is 10.4. The molecule has 0 saturated carbocycles. The van der Waals surface area contributed by atoms with Gasteiger partial charge < -0.3 is 14.3 Å². The first-order valence-electron chi connectivity index (χ1n) is 7.82. The molecular weight excluding hydrogens is 275 g/mol. The Morgan fingerprint density at radius 1 is 1.05 bits per heavy atom. The normalized spacial score (nSPS) is 19.6. The number of aromatic nitrogens is 2. The van der Waals surface area contributed by atoms with E-state index < -0.39 is 0 Å². The van der Waals surface area contributed by atoms with Gasteiger partial charge in [-0.15, -0.1) is 0 Å². The van der Waals surface area contributed by atoms with Crippen LogP contribution < -0.4 is 5.46 Å². The number of benzene rings is 1. The molecule has 116 valence electrons. The van der Waals surface area contributed by atoms with Crippen LogP contribution in [0.2, 0.25) is 0 Å². The van der Waals surface area contributed by atoms with E-state index in [1.54, 1.807) is 0 Å². The Balaban J connectivity index is 1.81. The zero-order valence-corrected chi connectivity index (χ0v) is 13.9. The summed E-state index contributed by atoms with van der Waals surface area (Å²) in [6.07, 6.45) is 2.79. The second kappa shape index (κ2) is 5.25. The lowest BCUT2D eigenvalue weighted by Gasteiger charge is -2.32. The van der Waals surface area contributed by atoms with E-state index >= 15 is 0 Å². The number of aromatic amines is 1. The van der Waals surface area contributed by atoms with Gasteiger partial charge in [0.25, 0.3) is 0 Å². The fraction of sp³-hybridized carbons (Fsp3) is 0.471. The maximum Gasteiger partial charge on any atom is 0.494 e. The van der Waals surface area contributed by atoms with Crippen molar-refractivity contribution in [3.05, 3.63) is 36.3 Å². The Bertz CT molecular complexity index is 646. The molecule has 2 heterocycles. The van der Waals surface area contributed by atoms with Crippen LogP contribution in [0.5, 0.6) is 0 Å². The second-order valence-electron chi connectivity index (χ2n) is 6.81. The third-order valence-corrected chi connectivity index (χ3v) is 4.71. The molecule has 0 spiro atoms. The zero-order valence-electron chi connectivity index (χ0n) is 13.9. The first kappa shape index (κ1) is 15.3. The van der Waals surface area contributed by atoms with Gasteiger partial charge in [-0.25, -0.2) is 4.98 Å². The molecule has 22 heavy (non-hydrogen) atoms. The summed E-state index contributed by atoms with van der Waals surface area (Å²) in [5.74, 6) is 1.00. The molecule has 0 bridgehead atoms. The Morgan fingerprint density at radius 3 is 2.14 bits per heavy atom. The van der Waals surface area contributed by atoms with Crippen LogP contribution in [0.3, 0.4) is 0 Å². The lowest BCUT2D eigenvalue weighted by Crippen LogP contribution is -2.41. The van der Waals surface area contributed by atoms with Crippen LogP contribution in [0.25, 0.3) is 11.3 Å². The Kier molecular flexibility index (Phi) is 3.65. The molecule has 0 unspecified atom stereocenters. The predicted molar refractivity (Wildman–Crippen MR) is 89.1 cm³/mol. The maximum atomic E-state index is 6.07. The Labute approximate surface area is 132 Å². The molecule has 1 fully saturated rings. The number of imidazole rings is 1. The molecule has 0 aliphatic carbocycles. The Hall–Kier alpha value is -1.59. The minimum absolute atomic E-state index is 0.310. The highest BCUT2D eigenvalue weighted by atomic mass is 16.7. The van der Waals surface area contributed by atoms with Crippen molar-refractivity contribution >= 4 is 12.6 Å². The maximum absolute atomic E-state index is 6.07. The average Bonchev–Trinajstić information content (AvgIpc) is 3.02. The first-order valence-corrected chi connectivity index (χ1v) is 7.82. The average molecular weight is 298 g/mol. The molecule has 0 amide bonds. The van der Waals surface area contributed by atoms with Gasteiger partial charge in [0.15, 0.2) is 0 Å². The van der Waals surface area contributed by atoms with Crippen molar-refractivity contribution in [1.82, 2.24) is 9.97 Å². The van der Waals surface area contributed by atoms with E-state index in [0.29, 0.717) is 0 Å². The summed E-state index contributed by atoms with van der Waals surface area (Å²) in [7, 11) is -0.313. The summed E-state index contributed by atoms with van der Waals surface area (Å²) in [5.41, 5.74) is 2.58. The van der Waals surface area contributed by atoms with Gasteiger partial charge in [-0.3, -0.25) is 0 Å². The van der Waals surface area contributed by atoms with Gasteiger partial charge >= 0.3 is 7.12 Å². The quantitative estimate of drug-likeness (QED) is 0.886. The van der Waals surface area contributed by atoms with Crippen molar-refractivity contribution in [3.63, 3.8) is 0 Å². The topological polar surface area (TPSA) is 47.1 Å². The van der Waals surface area contributed by atoms with Gasteiger partial charge in [-0.05, 0) is 38.7 Å². The fourth-order valence-electron chi connectivity index (χ4n) is 2.49. The van der Waals surface area contributed by atoms with Crippen LogP contribution in [0.1, 0.15) is 40.4 Å². The highest BCUT2D eigenvalue weighted by Crippen LogP contribution is 2.36. The molecule has 0 atom stereocenters. The van der Waals surface area contributed by atoms with Gasteiger partial charge in [0.1, 0.15) is 5.82 Å². The lowest BCUT2D eigenvalue weighted by atomic mass is 9.79. The van der Waals surface area contributed by atoms with Crippen molar-refractivity contribution in [1.29, 1.82) is 0 Å². The number of hydrogen-bond donors (Lipinski definition) is 1. The first-order chi connectivity index (χ1) is 10.3. The molecule has 3 rings (SSSR count). The number of rotatable bonds is 3. The third-order valence-electron chi connectivity index (χ3n) is 4.71. The minimum atomic E-state index is -0.313. The van der Waals surface area contributed by atoms with Gasteiger partial charge in [-0.1, -0.05) is 31.2 Å². The van der Waals surface area contributed by atoms with Gasteiger partial charge in [0.2, 0.25) is 0 Å². The van der Waals surface area contributed by atoms with Crippen LogP contribution in [-0.4, -0.2) is 28.3 Å². The van der Waals surface area contributed by atoms with Gasteiger partial charge in [0.05, 0.1) is 23.1 Å². The van der Waals surface area contributed by atoms with E-state index in [-0.39, 0.29) is 18.3 Å². The van der Waals surface area contributed by atoms with E-state index in [0.717, 1.165) is 29.0 Å². The molecule has 1 N–H and O–H groups in total. The monoisotopic (exact) mass is 298 g/mol. The molecule has 0 radical (unpaired) electrons. The minimum Gasteiger partial charge on any atom is -0.399 e. The third kappa shape index (κ3) is 2.59. The SMILES string of the molecule is CCc1ncc(-c2ccc(B3OC(C)(C)C(C)(C)O3)cc2)[nH]1. The number of nitrogens with zero attached hydrogens (tertiary/aromatic N) is 1. The molecule has 1 aliphatic rings. The molecule has 5 heteroatoms. The highest BCUT2D eigenvalue weighted by Gasteiger charge is 2.51. The van der Waals surface area contributed by atoms with Crippen LogP contribution in [-0.2, 0) is 15.7 Å². The summed E-state index contributed by atoms with van der Waals surface area (Å²) in [6, 6.07) is 8.27. The number of hydrogen-bond acceptors (Lipinski definition) is 3. The zero-order chi connectivity index (χ0) is 16.0. The van der Waals surface area contributed by atoms with Crippen molar-refractivity contribution in [3.8, 4) is 11.3 Å².